The van der Waals surface area contributed by atoms with E-state index in [1.54, 1.807) is 7.11 Å². The number of nitrogens with zero attached hydrogens (tertiary/aromatic N) is 4. The van der Waals surface area contributed by atoms with Crippen LogP contribution in [0.2, 0.25) is 130 Å². The first kappa shape index (κ1) is 72.9. The number of allylic oxidation sites excluding steroid dienone is 9. The Bertz CT molecular complexity index is 2750. The maximum atomic E-state index is 15.4. The van der Waals surface area contributed by atoms with E-state index in [1.807, 2.05) is 13.8 Å². The predicted octanol–water partition coefficient (Wildman–Crippen LogP) is 16.7. The zero-order chi connectivity index (χ0) is 65.3. The number of hydrogen-bond donors (Lipinski definition) is 0. The van der Waals surface area contributed by atoms with Crippen molar-refractivity contribution in [1.29, 1.82) is 0 Å². The van der Waals surface area contributed by atoms with Gasteiger partial charge in [0.05, 0.1) is 12.6 Å². The molecule has 6 rings (SSSR count). The fraction of sp³-hybridized carbons (Fsp3) is 0.615. The molecule has 0 N–H and O–H groups in total. The van der Waals surface area contributed by atoms with E-state index >= 15 is 9.59 Å². The van der Waals surface area contributed by atoms with Gasteiger partial charge in [0.2, 0.25) is 0 Å². The maximum absolute atomic E-state index is 15.4. The number of anilines is 2. The molecule has 0 bridgehead atoms. The molecule has 2 fully saturated rings. The van der Waals surface area contributed by atoms with Crippen LogP contribution in [0.1, 0.15) is 91.2 Å². The number of carbonyl (C=O) groups is 3. The van der Waals surface area contributed by atoms with Crippen molar-refractivity contribution in [2.75, 3.05) is 43.2 Å². The molecular weight excluding hydrogens is 1220 g/mol. The van der Waals surface area contributed by atoms with Crippen molar-refractivity contribution in [2.45, 2.75) is 227 Å². The third-order valence-electron chi connectivity index (χ3n) is 15.5. The van der Waals surface area contributed by atoms with E-state index in [0.717, 1.165) is 53.2 Å². The average Bonchev–Trinajstić information content (AvgIpc) is 1.72. The smallest absolute Gasteiger partial charge is 0.417 e. The highest BCUT2D eigenvalue weighted by molar-refractivity contribution is 6.91. The lowest BCUT2D eigenvalue weighted by atomic mass is 9.83. The van der Waals surface area contributed by atoms with E-state index in [-0.39, 0.29) is 18.7 Å². The van der Waals surface area contributed by atoms with Crippen molar-refractivity contribution in [3.05, 3.63) is 118 Å². The molecule has 2 aromatic carbocycles. The minimum atomic E-state index is -3.15. The SMILES string of the molecule is CCCCN1C(=O)C(=C2/C(=C/C=C3/N(CCC[Si](O[Si](C)(C)C)(O[Si](C)(C)C)O[Si](C)(C)C)c4ccccc4C3(C)C)CC/C2=C\C=C2\N(CCC[Si](O[Si](C)(C)C)(O[Si](C)(C)C)O[Si](C)(C)C)c3ccccc3C2(C)C)C(=O)N(C(C)COC)C1=O. The second-order valence-corrected chi connectivity index (χ2v) is 65.2. The maximum Gasteiger partial charge on any atom is 0.469 e. The number of unbranched alkanes of at least 4 members (excludes halogenated alkanes) is 1. The normalized spacial score (nSPS) is 20.4. The van der Waals surface area contributed by atoms with Crippen LogP contribution in [-0.2, 0) is 49.8 Å². The van der Waals surface area contributed by atoms with Crippen LogP contribution in [0.4, 0.5) is 16.2 Å². The summed E-state index contributed by atoms with van der Waals surface area (Å²) in [5, 5.41) is 0. The van der Waals surface area contributed by atoms with Crippen molar-refractivity contribution in [1.82, 2.24) is 9.80 Å². The van der Waals surface area contributed by atoms with Gasteiger partial charge in [-0.2, -0.15) is 0 Å². The number of imide groups is 2. The number of carbonyl (C=O) groups excluding carboxylic acids is 3. The molecule has 484 valence electrons. The number of barbiturate groups is 1. The van der Waals surface area contributed by atoms with Gasteiger partial charge < -0.3 is 39.2 Å². The van der Waals surface area contributed by atoms with E-state index in [2.05, 4.69) is 228 Å². The highest BCUT2D eigenvalue weighted by atomic mass is 28.5. The molecule has 1 atom stereocenters. The van der Waals surface area contributed by atoms with E-state index in [9.17, 15) is 4.79 Å². The molecule has 0 aromatic heterocycles. The Labute approximate surface area is 534 Å². The summed E-state index contributed by atoms with van der Waals surface area (Å²) >= 11 is 0. The summed E-state index contributed by atoms with van der Waals surface area (Å²) < 4.78 is 48.6. The molecule has 4 amide bonds. The number of urea groups is 1. The number of para-hydroxylation sites is 2. The van der Waals surface area contributed by atoms with Crippen LogP contribution in [-0.4, -0.2) is 135 Å². The quantitative estimate of drug-likeness (QED) is 0.0457. The summed E-state index contributed by atoms with van der Waals surface area (Å²) in [6.07, 6.45) is 12.9. The van der Waals surface area contributed by atoms with Gasteiger partial charge in [0.15, 0.2) is 49.9 Å². The molecule has 1 saturated heterocycles. The Hall–Kier alpha value is -3.19. The second kappa shape index (κ2) is 27.6. The Kier molecular flexibility index (Phi) is 23.1. The molecule has 1 saturated carbocycles. The number of rotatable bonds is 28. The monoisotopic (exact) mass is 1330 g/mol. The molecule has 0 spiro atoms. The number of methoxy groups -OCH3 is 1. The highest BCUT2D eigenvalue weighted by Crippen LogP contribution is 2.51. The molecule has 22 heteroatoms. The number of benzene rings is 2. The molecule has 0 radical (unpaired) electrons. The van der Waals surface area contributed by atoms with Crippen molar-refractivity contribution in [2.24, 2.45) is 0 Å². The zero-order valence-corrected chi connectivity index (χ0v) is 66.4. The van der Waals surface area contributed by atoms with Gasteiger partial charge in [-0.25, -0.2) is 4.79 Å². The van der Waals surface area contributed by atoms with Gasteiger partial charge in [-0.15, -0.1) is 0 Å². The summed E-state index contributed by atoms with van der Waals surface area (Å²) in [5.74, 6) is -1.15. The molecule has 1 unspecified atom stereocenters. The van der Waals surface area contributed by atoms with Crippen LogP contribution < -0.4 is 9.80 Å². The molecule has 3 aliphatic heterocycles. The Morgan fingerprint density at radius 3 is 1.16 bits per heavy atom. The standard InChI is InChI=1S/C65H112N4O10Si8/c1-26-27-44-68-61(70)60(62(71)69(63(68)72)50(2)49-73-7)59-51(40-42-57-64(3,4)53-34-28-30-36-55(53)66(57)45-32-47-86(74-80(8,9)10,75-81(11,12)13)76-82(14,15)16)38-39-52(59)41-43-58-65(5,6)54-35-29-31-37-56(54)67(58)46-33-48-87(77-83(17,18)19,78-84(20,21)22)79-85(23,24)25/h28-31,34-37,40-43,50H,26-27,32-33,38-39,44-49H2,1-25H3/b51-40+,52-41+,57-42+,58-43+. The molecule has 4 aliphatic rings. The summed E-state index contributed by atoms with van der Waals surface area (Å²) in [7, 11) is -17.4. The van der Waals surface area contributed by atoms with Crippen LogP contribution in [0.25, 0.3) is 0 Å². The fourth-order valence-electron chi connectivity index (χ4n) is 12.7. The van der Waals surface area contributed by atoms with Crippen LogP contribution in [0, 0.1) is 0 Å². The first-order chi connectivity index (χ1) is 39.9. The third-order valence-corrected chi connectivity index (χ3v) is 39.5. The molecule has 87 heavy (non-hydrogen) atoms. The summed E-state index contributed by atoms with van der Waals surface area (Å²) in [4.78, 5) is 52.7. The number of amides is 4. The molecule has 1 aliphatic carbocycles. The lowest BCUT2D eigenvalue weighted by molar-refractivity contribution is -0.137. The predicted molar refractivity (Wildman–Crippen MR) is 379 cm³/mol. The van der Waals surface area contributed by atoms with E-state index in [1.165, 1.54) is 20.9 Å². The zero-order valence-electron chi connectivity index (χ0n) is 58.4. The van der Waals surface area contributed by atoms with Gasteiger partial charge in [0.25, 0.3) is 11.8 Å². The van der Waals surface area contributed by atoms with Gasteiger partial charge in [-0.3, -0.25) is 19.4 Å². The van der Waals surface area contributed by atoms with Gasteiger partial charge >= 0.3 is 23.6 Å². The fourth-order valence-corrected chi connectivity index (χ4v) is 42.0. The van der Waals surface area contributed by atoms with Gasteiger partial charge in [0, 0.05) is 72.4 Å². The first-order valence-electron chi connectivity index (χ1n) is 32.1. The largest absolute Gasteiger partial charge is 0.469 e. The van der Waals surface area contributed by atoms with E-state index < -0.39 is 102 Å². The Balaban J connectivity index is 1.54. The molecule has 2 aromatic rings. The summed E-state index contributed by atoms with van der Waals surface area (Å²) in [5.41, 5.74) is 8.55. The molecular formula is C65H112N4O10Si8. The first-order valence-corrected chi connectivity index (χ1v) is 56.4. The number of ether oxygens (including phenoxy) is 1. The van der Waals surface area contributed by atoms with Crippen LogP contribution in [0.3, 0.4) is 0 Å². The lowest BCUT2D eigenvalue weighted by Gasteiger charge is -2.43. The Morgan fingerprint density at radius 2 is 0.828 bits per heavy atom. The minimum absolute atomic E-state index is 0.0269. The summed E-state index contributed by atoms with van der Waals surface area (Å²) in [6.45, 7) is 54.9. The molecule has 3 heterocycles. The van der Waals surface area contributed by atoms with Crippen LogP contribution in [0.5, 0.6) is 0 Å². The average molecular weight is 1330 g/mol. The van der Waals surface area contributed by atoms with Crippen molar-refractivity contribution in [3.8, 4) is 0 Å². The third kappa shape index (κ3) is 18.5. The lowest BCUT2D eigenvalue weighted by Crippen LogP contribution is -2.60. The van der Waals surface area contributed by atoms with Crippen LogP contribution in [0.15, 0.2) is 107 Å². The van der Waals surface area contributed by atoms with Crippen LogP contribution >= 0.6 is 0 Å². The van der Waals surface area contributed by atoms with E-state index in [0.29, 0.717) is 50.0 Å². The highest BCUT2D eigenvalue weighted by Gasteiger charge is 2.53. The second-order valence-electron chi connectivity index (χ2n) is 31.3. The number of fused-ring (bicyclic) bond motifs is 2. The van der Waals surface area contributed by atoms with Gasteiger partial charge in [-0.05, 0) is 209 Å². The van der Waals surface area contributed by atoms with E-state index in [4.69, 9.17) is 29.4 Å². The van der Waals surface area contributed by atoms with Crippen molar-refractivity contribution in [3.63, 3.8) is 0 Å². The Morgan fingerprint density at radius 1 is 0.483 bits per heavy atom. The minimum Gasteiger partial charge on any atom is -0.417 e. The van der Waals surface area contributed by atoms with Crippen molar-refractivity contribution >= 4 is 96.7 Å². The number of hydrogen-bond acceptors (Lipinski definition) is 12. The molecule has 14 nitrogen and oxygen atoms in total. The van der Waals surface area contributed by atoms with Gasteiger partial charge in [-0.1, -0.05) is 89.6 Å². The summed E-state index contributed by atoms with van der Waals surface area (Å²) in [6, 6.07) is 17.5. The van der Waals surface area contributed by atoms with Gasteiger partial charge in [0.1, 0.15) is 5.57 Å². The topological polar surface area (TPSA) is 129 Å². The van der Waals surface area contributed by atoms with Crippen molar-refractivity contribution < 1.29 is 43.8 Å².